The van der Waals surface area contributed by atoms with Gasteiger partial charge in [0.2, 0.25) is 0 Å². The summed E-state index contributed by atoms with van der Waals surface area (Å²) in [4.78, 5) is 12.7. The summed E-state index contributed by atoms with van der Waals surface area (Å²) >= 11 is 0. The largest absolute Gasteiger partial charge is 0.447 e. The second-order valence-corrected chi connectivity index (χ2v) is 3.16. The van der Waals surface area contributed by atoms with E-state index in [1.165, 1.54) is 26.2 Å². The van der Waals surface area contributed by atoms with Gasteiger partial charge < -0.3 is 4.74 Å². The Bertz CT molecular complexity index is 153. The van der Waals surface area contributed by atoms with E-state index >= 15 is 0 Å². The number of rotatable bonds is 2. The zero-order chi connectivity index (χ0) is 8.97. The Kier molecular flexibility index (Phi) is 3.53. The number of likely N-dealkylation sites (tertiary alicyclic amines) is 1. The molecule has 1 saturated heterocycles. The highest BCUT2D eigenvalue weighted by atomic mass is 16.6. The lowest BCUT2D eigenvalue weighted by Gasteiger charge is -2.31. The molecule has 0 N–H and O–H groups in total. The molecular weight excluding hydrogens is 154 g/mol. The molecule has 0 spiro atoms. The molecule has 0 amide bonds. The summed E-state index contributed by atoms with van der Waals surface area (Å²) < 4.78 is 4.97. The first-order valence-corrected chi connectivity index (χ1v) is 4.44. The second-order valence-electron chi connectivity index (χ2n) is 3.16. The number of carbonyl (C=O) groups is 1. The fourth-order valence-corrected chi connectivity index (χ4v) is 1.47. The van der Waals surface area contributed by atoms with Crippen LogP contribution >= 0.6 is 0 Å². The van der Waals surface area contributed by atoms with E-state index in [9.17, 15) is 4.79 Å². The molecule has 1 aliphatic rings. The smallest absolute Gasteiger partial charge is 0.304 e. The van der Waals surface area contributed by atoms with Crippen LogP contribution < -0.4 is 0 Å². The van der Waals surface area contributed by atoms with Crippen molar-refractivity contribution in [3.8, 4) is 0 Å². The van der Waals surface area contributed by atoms with E-state index in [-0.39, 0.29) is 12.2 Å². The molecule has 0 aromatic carbocycles. The molecule has 0 aromatic heterocycles. The van der Waals surface area contributed by atoms with Crippen LogP contribution in [0.4, 0.5) is 0 Å². The Balaban J connectivity index is 2.29. The molecule has 69 valence electrons. The van der Waals surface area contributed by atoms with Crippen molar-refractivity contribution in [3.05, 3.63) is 6.92 Å². The number of nitrogens with zero attached hydrogens (tertiary/aromatic N) is 1. The summed E-state index contributed by atoms with van der Waals surface area (Å²) in [7, 11) is 0. The Morgan fingerprint density at radius 1 is 1.42 bits per heavy atom. The average Bonchev–Trinajstić information content (AvgIpc) is 2.05. The molecule has 1 atom stereocenters. The van der Waals surface area contributed by atoms with Gasteiger partial charge in [-0.25, -0.2) is 0 Å². The number of ether oxygens (including phenoxy) is 1. The monoisotopic (exact) mass is 170 g/mol. The summed E-state index contributed by atoms with van der Waals surface area (Å²) in [6.45, 7) is 7.21. The SMILES string of the molecule is [CH2]C(OC(C)=O)N1CCCCC1. The molecule has 0 saturated carbocycles. The van der Waals surface area contributed by atoms with Crippen LogP contribution in [0.2, 0.25) is 0 Å². The van der Waals surface area contributed by atoms with E-state index in [0.717, 1.165) is 13.1 Å². The zero-order valence-electron chi connectivity index (χ0n) is 7.58. The van der Waals surface area contributed by atoms with Crippen LogP contribution in [-0.2, 0) is 9.53 Å². The highest BCUT2D eigenvalue weighted by Gasteiger charge is 2.18. The van der Waals surface area contributed by atoms with E-state index in [1.807, 2.05) is 0 Å². The first-order valence-electron chi connectivity index (χ1n) is 4.44. The molecule has 0 aromatic rings. The normalized spacial score (nSPS) is 21.8. The van der Waals surface area contributed by atoms with Crippen molar-refractivity contribution in [1.82, 2.24) is 4.90 Å². The minimum atomic E-state index is -0.289. The summed E-state index contributed by atoms with van der Waals surface area (Å²) in [6.07, 6.45) is 3.37. The summed E-state index contributed by atoms with van der Waals surface area (Å²) in [6, 6.07) is 0. The number of hydrogen-bond acceptors (Lipinski definition) is 3. The predicted molar refractivity (Wildman–Crippen MR) is 46.3 cm³/mol. The van der Waals surface area contributed by atoms with Crippen LogP contribution in [0.1, 0.15) is 26.2 Å². The topological polar surface area (TPSA) is 29.5 Å². The molecule has 1 heterocycles. The van der Waals surface area contributed by atoms with Gasteiger partial charge >= 0.3 is 5.97 Å². The number of esters is 1. The quantitative estimate of drug-likeness (QED) is 0.583. The van der Waals surface area contributed by atoms with E-state index in [1.54, 1.807) is 0 Å². The van der Waals surface area contributed by atoms with Gasteiger partial charge in [0.25, 0.3) is 0 Å². The molecule has 1 rings (SSSR count). The molecule has 3 nitrogen and oxygen atoms in total. The van der Waals surface area contributed by atoms with Crippen molar-refractivity contribution in [1.29, 1.82) is 0 Å². The van der Waals surface area contributed by atoms with Gasteiger partial charge in [-0.2, -0.15) is 0 Å². The third kappa shape index (κ3) is 2.81. The van der Waals surface area contributed by atoms with Crippen molar-refractivity contribution < 1.29 is 9.53 Å². The maximum absolute atomic E-state index is 10.6. The van der Waals surface area contributed by atoms with Gasteiger partial charge in [-0.3, -0.25) is 9.69 Å². The molecule has 1 radical (unpaired) electrons. The van der Waals surface area contributed by atoms with Crippen LogP contribution in [0, 0.1) is 6.92 Å². The number of hydrogen-bond donors (Lipinski definition) is 0. The van der Waals surface area contributed by atoms with Crippen molar-refractivity contribution in [2.24, 2.45) is 0 Å². The lowest BCUT2D eigenvalue weighted by molar-refractivity contribution is -0.153. The zero-order valence-corrected chi connectivity index (χ0v) is 7.58. The van der Waals surface area contributed by atoms with Crippen molar-refractivity contribution in [3.63, 3.8) is 0 Å². The Hall–Kier alpha value is -0.570. The van der Waals surface area contributed by atoms with Crippen molar-refractivity contribution >= 4 is 5.97 Å². The van der Waals surface area contributed by atoms with Gasteiger partial charge in [-0.1, -0.05) is 6.42 Å². The third-order valence-corrected chi connectivity index (χ3v) is 2.10. The predicted octanol–water partition coefficient (Wildman–Crippen LogP) is 1.20. The van der Waals surface area contributed by atoms with Gasteiger partial charge in [0.15, 0.2) is 6.23 Å². The number of carbonyl (C=O) groups excluding carboxylic acids is 1. The number of piperidine rings is 1. The Morgan fingerprint density at radius 2 is 2.00 bits per heavy atom. The van der Waals surface area contributed by atoms with Gasteiger partial charge in [0.1, 0.15) is 0 Å². The fourth-order valence-electron chi connectivity index (χ4n) is 1.47. The second kappa shape index (κ2) is 4.45. The van der Waals surface area contributed by atoms with Crippen LogP contribution in [0.25, 0.3) is 0 Å². The molecule has 1 aliphatic heterocycles. The average molecular weight is 170 g/mol. The summed E-state index contributed by atoms with van der Waals surface area (Å²) in [5, 5.41) is 0. The first-order chi connectivity index (χ1) is 5.70. The van der Waals surface area contributed by atoms with Crippen LogP contribution in [0.5, 0.6) is 0 Å². The lowest BCUT2D eigenvalue weighted by Crippen LogP contribution is -2.39. The summed E-state index contributed by atoms with van der Waals surface area (Å²) in [5.41, 5.74) is 0. The van der Waals surface area contributed by atoms with E-state index < -0.39 is 0 Å². The fraction of sp³-hybridized carbons (Fsp3) is 0.778. The maximum Gasteiger partial charge on any atom is 0.304 e. The molecule has 12 heavy (non-hydrogen) atoms. The summed E-state index contributed by atoms with van der Waals surface area (Å²) in [5.74, 6) is -0.249. The van der Waals surface area contributed by atoms with Crippen molar-refractivity contribution in [2.75, 3.05) is 13.1 Å². The van der Waals surface area contributed by atoms with E-state index in [0.29, 0.717) is 0 Å². The highest BCUT2D eigenvalue weighted by Crippen LogP contribution is 2.12. The molecule has 0 aliphatic carbocycles. The first kappa shape index (κ1) is 9.52. The standard InChI is InChI=1S/C9H16NO2/c1-8(12-9(2)11)10-6-4-3-5-7-10/h8H,1,3-7H2,2H3. The highest BCUT2D eigenvalue weighted by molar-refractivity contribution is 5.66. The minimum absolute atomic E-state index is 0.249. The van der Waals surface area contributed by atoms with Gasteiger partial charge in [-0.15, -0.1) is 0 Å². The Labute approximate surface area is 73.7 Å². The molecule has 1 unspecified atom stereocenters. The molecule has 3 heteroatoms. The Morgan fingerprint density at radius 3 is 2.50 bits per heavy atom. The van der Waals surface area contributed by atoms with Gasteiger partial charge in [-0.05, 0) is 12.8 Å². The maximum atomic E-state index is 10.6. The van der Waals surface area contributed by atoms with Crippen LogP contribution in [0.15, 0.2) is 0 Å². The third-order valence-electron chi connectivity index (χ3n) is 2.10. The van der Waals surface area contributed by atoms with E-state index in [4.69, 9.17) is 4.74 Å². The lowest BCUT2D eigenvalue weighted by atomic mass is 10.1. The molecule has 0 bridgehead atoms. The van der Waals surface area contributed by atoms with Gasteiger partial charge in [0, 0.05) is 26.9 Å². The van der Waals surface area contributed by atoms with Crippen LogP contribution in [0.3, 0.4) is 0 Å². The van der Waals surface area contributed by atoms with Crippen LogP contribution in [-0.4, -0.2) is 30.2 Å². The van der Waals surface area contributed by atoms with E-state index in [2.05, 4.69) is 11.8 Å². The minimum Gasteiger partial charge on any atom is -0.447 e. The molecular formula is C9H16NO2. The molecule has 1 fully saturated rings. The van der Waals surface area contributed by atoms with Gasteiger partial charge in [0.05, 0.1) is 0 Å². The van der Waals surface area contributed by atoms with Crippen molar-refractivity contribution in [2.45, 2.75) is 32.4 Å².